The Labute approximate surface area is 141 Å². The van der Waals surface area contributed by atoms with Crippen LogP contribution in [0.2, 0.25) is 8.67 Å². The van der Waals surface area contributed by atoms with Gasteiger partial charge >= 0.3 is 0 Å². The van der Waals surface area contributed by atoms with Crippen molar-refractivity contribution in [1.82, 2.24) is 15.6 Å². The summed E-state index contributed by atoms with van der Waals surface area (Å²) in [6.45, 7) is 1.92. The molecule has 1 atom stereocenters. The molecular formula is C13H14Cl2N6S. The Morgan fingerprint density at radius 2 is 2.32 bits per heavy atom. The maximum atomic E-state index is 7.26. The van der Waals surface area contributed by atoms with Crippen molar-refractivity contribution in [2.75, 3.05) is 0 Å². The molecule has 0 fully saturated rings. The predicted molar refractivity (Wildman–Crippen MR) is 90.3 cm³/mol. The summed E-state index contributed by atoms with van der Waals surface area (Å²) in [5, 5.41) is 18.8. The van der Waals surface area contributed by atoms with Gasteiger partial charge in [-0.25, -0.2) is 5.43 Å². The molecule has 116 valence electrons. The van der Waals surface area contributed by atoms with Gasteiger partial charge < -0.3 is 5.73 Å². The van der Waals surface area contributed by atoms with Gasteiger partial charge in [-0.15, -0.1) is 11.3 Å². The summed E-state index contributed by atoms with van der Waals surface area (Å²) < 4.78 is 1.38. The molecule has 1 unspecified atom stereocenters. The quantitative estimate of drug-likeness (QED) is 0.377. The summed E-state index contributed by atoms with van der Waals surface area (Å²) in [5.74, 6) is -0.0370. The van der Waals surface area contributed by atoms with Crippen molar-refractivity contribution >= 4 is 46.2 Å². The van der Waals surface area contributed by atoms with Crippen LogP contribution in [0.4, 0.5) is 0 Å². The third kappa shape index (κ3) is 2.84. The van der Waals surface area contributed by atoms with E-state index in [4.69, 9.17) is 34.3 Å². The maximum Gasteiger partial charge on any atom is 0.206 e. The third-order valence-electron chi connectivity index (χ3n) is 3.64. The second-order valence-electron chi connectivity index (χ2n) is 5.13. The largest absolute Gasteiger partial charge is 0.369 e. The minimum atomic E-state index is -0.200. The lowest BCUT2D eigenvalue weighted by molar-refractivity contribution is 0.680. The molecule has 3 rings (SSSR count). The molecule has 2 aromatic rings. The lowest BCUT2D eigenvalue weighted by atomic mass is 9.82. The molecular weight excluding hydrogens is 343 g/mol. The number of nitrogens with zero attached hydrogens (tertiary/aromatic N) is 2. The van der Waals surface area contributed by atoms with E-state index in [1.54, 1.807) is 0 Å². The summed E-state index contributed by atoms with van der Waals surface area (Å²) in [4.78, 5) is 0. The summed E-state index contributed by atoms with van der Waals surface area (Å²) >= 11 is 13.7. The average molecular weight is 357 g/mol. The number of aryl methyl sites for hydroxylation is 1. The van der Waals surface area contributed by atoms with E-state index in [0.29, 0.717) is 15.1 Å². The Bertz CT molecular complexity index is 763. The lowest BCUT2D eigenvalue weighted by Crippen LogP contribution is -2.29. The highest BCUT2D eigenvalue weighted by molar-refractivity contribution is 7.20. The molecule has 22 heavy (non-hydrogen) atoms. The molecule has 0 aliphatic heterocycles. The van der Waals surface area contributed by atoms with Gasteiger partial charge in [-0.2, -0.15) is 10.2 Å². The number of rotatable bonds is 2. The summed E-state index contributed by atoms with van der Waals surface area (Å²) in [6, 6.07) is 1.91. The number of hydrogen-bond donors (Lipinski definition) is 4. The number of aromatic amines is 1. The number of aromatic nitrogens is 2. The molecule has 0 radical (unpaired) electrons. The topological polar surface area (TPSA) is 103 Å². The van der Waals surface area contributed by atoms with Crippen LogP contribution in [-0.2, 0) is 6.42 Å². The van der Waals surface area contributed by atoms with Crippen LogP contribution in [0.25, 0.3) is 0 Å². The summed E-state index contributed by atoms with van der Waals surface area (Å²) in [5.41, 5.74) is 12.5. The normalized spacial score (nSPS) is 19.2. The molecule has 6 nitrogen and oxygen atoms in total. The highest BCUT2D eigenvalue weighted by atomic mass is 35.5. The van der Waals surface area contributed by atoms with Gasteiger partial charge in [0.05, 0.1) is 20.1 Å². The highest BCUT2D eigenvalue weighted by Gasteiger charge is 2.30. The van der Waals surface area contributed by atoms with E-state index < -0.39 is 0 Å². The number of nitrogens with two attached hydrogens (primary N) is 1. The Hall–Kier alpha value is -1.57. The number of hydrazone groups is 1. The van der Waals surface area contributed by atoms with Crippen molar-refractivity contribution in [2.24, 2.45) is 10.8 Å². The monoisotopic (exact) mass is 356 g/mol. The molecule has 0 amide bonds. The summed E-state index contributed by atoms with van der Waals surface area (Å²) in [6.07, 6.45) is 1.47. The Kier molecular flexibility index (Phi) is 4.12. The first-order valence-corrected chi connectivity index (χ1v) is 8.18. The van der Waals surface area contributed by atoms with Crippen LogP contribution in [0.5, 0.6) is 0 Å². The van der Waals surface area contributed by atoms with Crippen LogP contribution in [-0.4, -0.2) is 21.9 Å². The lowest BCUT2D eigenvalue weighted by Gasteiger charge is -2.23. The number of hydrogen-bond acceptors (Lipinski definition) is 4. The zero-order valence-electron chi connectivity index (χ0n) is 11.7. The number of halogens is 2. The zero-order chi connectivity index (χ0) is 15.9. The van der Waals surface area contributed by atoms with Crippen LogP contribution in [0.15, 0.2) is 11.2 Å². The number of H-pyrrole nitrogens is 1. The molecule has 0 saturated heterocycles. The van der Waals surface area contributed by atoms with E-state index >= 15 is 0 Å². The second kappa shape index (κ2) is 5.91. The number of fused-ring (bicyclic) bond motifs is 1. The first-order valence-electron chi connectivity index (χ1n) is 6.61. The third-order valence-corrected chi connectivity index (χ3v) is 5.15. The number of nitrogens with one attached hydrogen (secondary N) is 3. The van der Waals surface area contributed by atoms with Crippen LogP contribution < -0.4 is 11.2 Å². The van der Waals surface area contributed by atoms with E-state index in [0.717, 1.165) is 34.6 Å². The van der Waals surface area contributed by atoms with Gasteiger partial charge in [0, 0.05) is 11.3 Å². The maximum absolute atomic E-state index is 7.26. The average Bonchev–Trinajstić information content (AvgIpc) is 2.99. The van der Waals surface area contributed by atoms with Crippen molar-refractivity contribution < 1.29 is 0 Å². The molecule has 0 bridgehead atoms. The molecule has 0 aromatic carbocycles. The van der Waals surface area contributed by atoms with E-state index in [2.05, 4.69) is 20.7 Å². The molecule has 2 heterocycles. The molecule has 9 heteroatoms. The van der Waals surface area contributed by atoms with Crippen LogP contribution in [0.3, 0.4) is 0 Å². The zero-order valence-corrected chi connectivity index (χ0v) is 14.0. The van der Waals surface area contributed by atoms with Gasteiger partial charge in [-0.05, 0) is 37.3 Å². The standard InChI is InChI=1S/C13H14Cl2N6S/c1-5-11-8(19-18-5)2-6(3-9(11)20-21-13(16)17)7-4-10(14)22-12(7)15/h4,6H,2-3H2,1H3,(H,18,19)(H4,16,17,21)/b20-9-. The smallest absolute Gasteiger partial charge is 0.206 e. The van der Waals surface area contributed by atoms with E-state index in [-0.39, 0.29) is 11.9 Å². The summed E-state index contributed by atoms with van der Waals surface area (Å²) in [7, 11) is 0. The van der Waals surface area contributed by atoms with E-state index in [1.165, 1.54) is 11.3 Å². The number of thiophene rings is 1. The van der Waals surface area contributed by atoms with E-state index in [1.807, 2.05) is 13.0 Å². The van der Waals surface area contributed by atoms with Gasteiger partial charge in [0.15, 0.2) is 0 Å². The van der Waals surface area contributed by atoms with Crippen LogP contribution >= 0.6 is 34.5 Å². The minimum Gasteiger partial charge on any atom is -0.369 e. The molecule has 5 N–H and O–H groups in total. The molecule has 0 spiro atoms. The van der Waals surface area contributed by atoms with Gasteiger partial charge in [0.25, 0.3) is 0 Å². The number of guanidine groups is 1. The first kappa shape index (κ1) is 15.3. The fraction of sp³-hybridized carbons (Fsp3) is 0.308. The van der Waals surface area contributed by atoms with Crippen molar-refractivity contribution in [3.8, 4) is 0 Å². The fourth-order valence-corrected chi connectivity index (χ4v) is 4.37. The van der Waals surface area contributed by atoms with E-state index in [9.17, 15) is 0 Å². The molecule has 1 aliphatic rings. The Morgan fingerprint density at radius 1 is 1.55 bits per heavy atom. The highest BCUT2D eigenvalue weighted by Crippen LogP contribution is 2.41. The SMILES string of the molecule is Cc1n[nH]c2c1/C(=N\NC(=N)N)CC(c1cc(Cl)sc1Cl)C2. The molecule has 2 aromatic heterocycles. The predicted octanol–water partition coefficient (Wildman–Crippen LogP) is 3.00. The fourth-order valence-electron chi connectivity index (χ4n) is 2.75. The minimum absolute atomic E-state index is 0.163. The van der Waals surface area contributed by atoms with Crippen molar-refractivity contribution in [3.63, 3.8) is 0 Å². The first-order chi connectivity index (χ1) is 10.5. The van der Waals surface area contributed by atoms with Gasteiger partial charge in [-0.3, -0.25) is 10.5 Å². The van der Waals surface area contributed by atoms with Gasteiger partial charge in [0.2, 0.25) is 5.96 Å². The van der Waals surface area contributed by atoms with Crippen molar-refractivity contribution in [3.05, 3.63) is 37.3 Å². The van der Waals surface area contributed by atoms with Gasteiger partial charge in [-0.1, -0.05) is 23.2 Å². The van der Waals surface area contributed by atoms with Crippen molar-refractivity contribution in [1.29, 1.82) is 5.41 Å². The van der Waals surface area contributed by atoms with Gasteiger partial charge in [0.1, 0.15) is 0 Å². The van der Waals surface area contributed by atoms with Crippen LogP contribution in [0.1, 0.15) is 34.9 Å². The Morgan fingerprint density at radius 3 is 2.95 bits per heavy atom. The molecule has 1 aliphatic carbocycles. The Balaban J connectivity index is 2.00. The second-order valence-corrected chi connectivity index (χ2v) is 7.42. The van der Waals surface area contributed by atoms with Crippen LogP contribution in [0, 0.1) is 12.3 Å². The molecule has 0 saturated carbocycles. The van der Waals surface area contributed by atoms with Crippen molar-refractivity contribution in [2.45, 2.75) is 25.7 Å².